The van der Waals surface area contributed by atoms with Crippen LogP contribution in [0.3, 0.4) is 0 Å². The second-order valence-electron chi connectivity index (χ2n) is 5.32. The Labute approximate surface area is 114 Å². The molecule has 1 N–H and O–H groups in total. The number of amides is 1. The van der Waals surface area contributed by atoms with Gasteiger partial charge in [0.1, 0.15) is 0 Å². The molecule has 1 fully saturated rings. The zero-order chi connectivity index (χ0) is 14.0. The number of aryl methyl sites for hydroxylation is 2. The Morgan fingerprint density at radius 1 is 1.21 bits per heavy atom. The minimum absolute atomic E-state index is 0.0242. The van der Waals surface area contributed by atoms with Crippen LogP contribution in [0, 0.1) is 19.8 Å². The van der Waals surface area contributed by atoms with Gasteiger partial charge in [-0.3, -0.25) is 4.79 Å². The highest BCUT2D eigenvalue weighted by Crippen LogP contribution is 2.21. The molecule has 1 aromatic rings. The van der Waals surface area contributed by atoms with E-state index >= 15 is 0 Å². The summed E-state index contributed by atoms with van der Waals surface area (Å²) in [7, 11) is -3.05. The summed E-state index contributed by atoms with van der Waals surface area (Å²) in [6.45, 7) is 3.93. The first-order valence-electron chi connectivity index (χ1n) is 6.45. The molecular weight excluding hydrogens is 262 g/mol. The van der Waals surface area contributed by atoms with Gasteiger partial charge in [-0.25, -0.2) is 8.42 Å². The van der Waals surface area contributed by atoms with Crippen LogP contribution in [0.2, 0.25) is 0 Å². The maximum absolute atomic E-state index is 12.1. The molecule has 5 heteroatoms. The molecule has 1 aliphatic heterocycles. The lowest BCUT2D eigenvalue weighted by atomic mass is 10.0. The summed E-state index contributed by atoms with van der Waals surface area (Å²) in [5.41, 5.74) is 2.89. The maximum Gasteiger partial charge on any atom is 0.228 e. The number of hydrogen-bond donors (Lipinski definition) is 1. The largest absolute Gasteiger partial charge is 0.326 e. The third-order valence-corrected chi connectivity index (χ3v) is 5.14. The zero-order valence-electron chi connectivity index (χ0n) is 11.3. The van der Waals surface area contributed by atoms with Crippen molar-refractivity contribution >= 4 is 21.4 Å². The molecule has 1 unspecified atom stereocenters. The zero-order valence-corrected chi connectivity index (χ0v) is 12.1. The molecule has 0 radical (unpaired) electrons. The molecule has 0 bridgehead atoms. The molecule has 1 heterocycles. The van der Waals surface area contributed by atoms with E-state index < -0.39 is 15.8 Å². The predicted molar refractivity (Wildman–Crippen MR) is 75.9 cm³/mol. The van der Waals surface area contributed by atoms with E-state index in [9.17, 15) is 13.2 Å². The number of benzene rings is 1. The fraction of sp³-hybridized carbons (Fsp3) is 0.500. The Kier molecular flexibility index (Phi) is 3.94. The molecular formula is C14H19NO3S. The van der Waals surface area contributed by atoms with Gasteiger partial charge in [0, 0.05) is 5.69 Å². The molecule has 0 spiro atoms. The summed E-state index contributed by atoms with van der Waals surface area (Å²) in [4.78, 5) is 12.1. The monoisotopic (exact) mass is 281 g/mol. The Hall–Kier alpha value is -1.36. The molecule has 0 saturated carbocycles. The Balaban J connectivity index is 2.08. The lowest BCUT2D eigenvalue weighted by Crippen LogP contribution is -2.34. The lowest BCUT2D eigenvalue weighted by Gasteiger charge is -2.21. The summed E-state index contributed by atoms with van der Waals surface area (Å²) in [6, 6.07) is 5.81. The number of carbonyl (C=O) groups is 1. The van der Waals surface area contributed by atoms with Gasteiger partial charge in [-0.1, -0.05) is 6.07 Å². The first-order valence-corrected chi connectivity index (χ1v) is 8.27. The van der Waals surface area contributed by atoms with Gasteiger partial charge in [-0.15, -0.1) is 0 Å². The van der Waals surface area contributed by atoms with Crippen molar-refractivity contribution in [2.24, 2.45) is 5.92 Å². The summed E-state index contributed by atoms with van der Waals surface area (Å²) < 4.78 is 23.1. The quantitative estimate of drug-likeness (QED) is 0.902. The summed E-state index contributed by atoms with van der Waals surface area (Å²) in [6.07, 6.45) is 1.23. The van der Waals surface area contributed by atoms with Gasteiger partial charge in [-0.2, -0.15) is 0 Å². The van der Waals surface area contributed by atoms with Gasteiger partial charge < -0.3 is 5.32 Å². The molecule has 1 aromatic carbocycles. The van der Waals surface area contributed by atoms with E-state index in [0.29, 0.717) is 12.8 Å². The van der Waals surface area contributed by atoms with E-state index in [1.807, 2.05) is 32.0 Å². The van der Waals surface area contributed by atoms with E-state index in [2.05, 4.69) is 5.32 Å². The van der Waals surface area contributed by atoms with Crippen molar-refractivity contribution < 1.29 is 13.2 Å². The smallest absolute Gasteiger partial charge is 0.228 e. The van der Waals surface area contributed by atoms with Crippen molar-refractivity contribution in [1.82, 2.24) is 0 Å². The van der Waals surface area contributed by atoms with Crippen LogP contribution in [0.15, 0.2) is 18.2 Å². The number of rotatable bonds is 2. The maximum atomic E-state index is 12.1. The van der Waals surface area contributed by atoms with Crippen molar-refractivity contribution in [3.63, 3.8) is 0 Å². The van der Waals surface area contributed by atoms with Crippen LogP contribution < -0.4 is 5.32 Å². The second-order valence-corrected chi connectivity index (χ2v) is 7.55. The average molecular weight is 281 g/mol. The SMILES string of the molecule is Cc1cc(C)cc(NC(=O)C2CCCS(=O)(=O)C2)c1. The van der Waals surface area contributed by atoms with E-state index in [1.165, 1.54) is 0 Å². The highest BCUT2D eigenvalue weighted by atomic mass is 32.2. The van der Waals surface area contributed by atoms with Crippen molar-refractivity contribution in [2.75, 3.05) is 16.8 Å². The van der Waals surface area contributed by atoms with Gasteiger partial charge in [-0.05, 0) is 49.9 Å². The predicted octanol–water partition coefficient (Wildman–Crippen LogP) is 2.07. The van der Waals surface area contributed by atoms with Crippen LogP contribution in [-0.4, -0.2) is 25.8 Å². The van der Waals surface area contributed by atoms with Crippen LogP contribution in [0.4, 0.5) is 5.69 Å². The number of carbonyl (C=O) groups excluding carboxylic acids is 1. The van der Waals surface area contributed by atoms with E-state index in [-0.39, 0.29) is 17.4 Å². The molecule has 1 amide bonds. The number of nitrogens with one attached hydrogen (secondary N) is 1. The molecule has 104 valence electrons. The summed E-state index contributed by atoms with van der Waals surface area (Å²) >= 11 is 0. The number of sulfone groups is 1. The molecule has 1 saturated heterocycles. The van der Waals surface area contributed by atoms with Crippen LogP contribution in [0.5, 0.6) is 0 Å². The minimum atomic E-state index is -3.05. The number of hydrogen-bond acceptors (Lipinski definition) is 3. The fourth-order valence-electron chi connectivity index (χ4n) is 2.52. The minimum Gasteiger partial charge on any atom is -0.326 e. The molecule has 1 atom stereocenters. The highest BCUT2D eigenvalue weighted by molar-refractivity contribution is 7.91. The van der Waals surface area contributed by atoms with Crippen LogP contribution in [0.25, 0.3) is 0 Å². The summed E-state index contributed by atoms with van der Waals surface area (Å²) in [5.74, 6) is -0.419. The van der Waals surface area contributed by atoms with Gasteiger partial charge in [0.2, 0.25) is 5.91 Å². The molecule has 2 rings (SSSR count). The average Bonchev–Trinajstić information content (AvgIpc) is 2.25. The molecule has 1 aliphatic rings. The van der Waals surface area contributed by atoms with Crippen LogP contribution in [-0.2, 0) is 14.6 Å². The topological polar surface area (TPSA) is 63.2 Å². The standard InChI is InChI=1S/C14H19NO3S/c1-10-6-11(2)8-13(7-10)15-14(16)12-4-3-5-19(17,18)9-12/h6-8,12H,3-5,9H2,1-2H3,(H,15,16). The van der Waals surface area contributed by atoms with Crippen molar-refractivity contribution in [3.05, 3.63) is 29.3 Å². The lowest BCUT2D eigenvalue weighted by molar-refractivity contribution is -0.119. The van der Waals surface area contributed by atoms with E-state index in [4.69, 9.17) is 0 Å². The van der Waals surface area contributed by atoms with Crippen molar-refractivity contribution in [3.8, 4) is 0 Å². The van der Waals surface area contributed by atoms with Gasteiger partial charge >= 0.3 is 0 Å². The Morgan fingerprint density at radius 2 is 1.84 bits per heavy atom. The van der Waals surface area contributed by atoms with Gasteiger partial charge in [0.15, 0.2) is 9.84 Å². The molecule has 19 heavy (non-hydrogen) atoms. The van der Waals surface area contributed by atoms with E-state index in [1.54, 1.807) is 0 Å². The highest BCUT2D eigenvalue weighted by Gasteiger charge is 2.29. The van der Waals surface area contributed by atoms with Gasteiger partial charge in [0.25, 0.3) is 0 Å². The third-order valence-electron chi connectivity index (χ3n) is 3.32. The third kappa shape index (κ3) is 3.80. The normalized spacial score (nSPS) is 21.9. The number of anilines is 1. The van der Waals surface area contributed by atoms with Crippen LogP contribution in [0.1, 0.15) is 24.0 Å². The molecule has 4 nitrogen and oxygen atoms in total. The van der Waals surface area contributed by atoms with E-state index in [0.717, 1.165) is 16.8 Å². The van der Waals surface area contributed by atoms with Crippen LogP contribution >= 0.6 is 0 Å². The Morgan fingerprint density at radius 3 is 2.42 bits per heavy atom. The first kappa shape index (κ1) is 14.1. The summed E-state index contributed by atoms with van der Waals surface area (Å²) in [5, 5.41) is 2.83. The van der Waals surface area contributed by atoms with Crippen molar-refractivity contribution in [1.29, 1.82) is 0 Å². The van der Waals surface area contributed by atoms with Gasteiger partial charge in [0.05, 0.1) is 17.4 Å². The fourth-order valence-corrected chi connectivity index (χ4v) is 4.23. The molecule has 0 aromatic heterocycles. The molecule has 0 aliphatic carbocycles. The second kappa shape index (κ2) is 5.33. The Bertz CT molecular complexity index is 572. The first-order chi connectivity index (χ1) is 8.85. The van der Waals surface area contributed by atoms with Crippen molar-refractivity contribution in [2.45, 2.75) is 26.7 Å².